The largest absolute Gasteiger partial charge is 0.478 e. The summed E-state index contributed by atoms with van der Waals surface area (Å²) in [5.41, 5.74) is 4.92. The van der Waals surface area contributed by atoms with E-state index in [2.05, 4.69) is 0 Å². The number of aliphatic carboxylic acids is 1. The molecular formula is C8H13NO3. The highest BCUT2D eigenvalue weighted by molar-refractivity contribution is 5.97. The van der Waals surface area contributed by atoms with Crippen LogP contribution in [0.25, 0.3) is 0 Å². The fourth-order valence-corrected chi connectivity index (χ4v) is 0.788. The second-order valence-electron chi connectivity index (χ2n) is 2.62. The standard InChI is InChI=1S/C8H13NO3/c1-3-5(2)6(8(11)12)4-7(9)10/h4-5H,3H2,1-2H3,(H2,9,10)(H,11,12). The minimum Gasteiger partial charge on any atom is -0.478 e. The summed E-state index contributed by atoms with van der Waals surface area (Å²) in [6.45, 7) is 3.59. The Kier molecular flexibility index (Phi) is 4.04. The lowest BCUT2D eigenvalue weighted by atomic mass is 9.98. The number of hydrogen-bond acceptors (Lipinski definition) is 2. The molecular weight excluding hydrogens is 158 g/mol. The minimum absolute atomic E-state index is 0.0741. The molecule has 3 N–H and O–H groups in total. The highest BCUT2D eigenvalue weighted by Gasteiger charge is 2.14. The van der Waals surface area contributed by atoms with Crippen LogP contribution in [-0.2, 0) is 9.59 Å². The molecule has 0 spiro atoms. The third kappa shape index (κ3) is 3.18. The van der Waals surface area contributed by atoms with Gasteiger partial charge in [0, 0.05) is 11.6 Å². The van der Waals surface area contributed by atoms with Gasteiger partial charge < -0.3 is 10.8 Å². The van der Waals surface area contributed by atoms with Crippen LogP contribution in [0.4, 0.5) is 0 Å². The van der Waals surface area contributed by atoms with Gasteiger partial charge in [0.1, 0.15) is 0 Å². The van der Waals surface area contributed by atoms with E-state index >= 15 is 0 Å². The topological polar surface area (TPSA) is 80.4 Å². The highest BCUT2D eigenvalue weighted by Crippen LogP contribution is 2.13. The van der Waals surface area contributed by atoms with E-state index in [0.29, 0.717) is 6.42 Å². The van der Waals surface area contributed by atoms with Crippen LogP contribution >= 0.6 is 0 Å². The first-order valence-corrected chi connectivity index (χ1v) is 3.73. The molecule has 0 fully saturated rings. The van der Waals surface area contributed by atoms with Gasteiger partial charge >= 0.3 is 5.97 Å². The molecule has 0 aromatic rings. The number of hydrogen-bond donors (Lipinski definition) is 2. The third-order valence-corrected chi connectivity index (χ3v) is 1.69. The van der Waals surface area contributed by atoms with E-state index in [-0.39, 0.29) is 11.5 Å². The van der Waals surface area contributed by atoms with Crippen molar-refractivity contribution in [3.63, 3.8) is 0 Å². The predicted molar refractivity (Wildman–Crippen MR) is 44.4 cm³/mol. The van der Waals surface area contributed by atoms with Gasteiger partial charge in [-0.1, -0.05) is 13.8 Å². The van der Waals surface area contributed by atoms with Gasteiger partial charge in [0.15, 0.2) is 0 Å². The van der Waals surface area contributed by atoms with Crippen LogP contribution in [0.5, 0.6) is 0 Å². The van der Waals surface area contributed by atoms with Crippen molar-refractivity contribution >= 4 is 11.9 Å². The second kappa shape index (κ2) is 4.54. The molecule has 0 aliphatic rings. The molecule has 0 bridgehead atoms. The first-order chi connectivity index (χ1) is 5.49. The number of rotatable bonds is 4. The SMILES string of the molecule is CCC(C)C(=CC(N)=O)C(=O)O. The third-order valence-electron chi connectivity index (χ3n) is 1.69. The zero-order valence-corrected chi connectivity index (χ0v) is 7.20. The molecule has 0 saturated heterocycles. The molecule has 0 aromatic heterocycles. The van der Waals surface area contributed by atoms with Crippen molar-refractivity contribution in [2.75, 3.05) is 0 Å². The van der Waals surface area contributed by atoms with Gasteiger partial charge in [-0.15, -0.1) is 0 Å². The Morgan fingerprint density at radius 2 is 2.08 bits per heavy atom. The first kappa shape index (κ1) is 10.7. The molecule has 4 heteroatoms. The van der Waals surface area contributed by atoms with Gasteiger partial charge in [-0.3, -0.25) is 4.79 Å². The summed E-state index contributed by atoms with van der Waals surface area (Å²) in [6, 6.07) is 0. The van der Waals surface area contributed by atoms with E-state index in [0.717, 1.165) is 6.08 Å². The summed E-state index contributed by atoms with van der Waals surface area (Å²) in [6.07, 6.45) is 1.64. The Hall–Kier alpha value is -1.32. The highest BCUT2D eigenvalue weighted by atomic mass is 16.4. The molecule has 1 atom stereocenters. The van der Waals surface area contributed by atoms with Crippen LogP contribution in [-0.4, -0.2) is 17.0 Å². The summed E-state index contributed by atoms with van der Waals surface area (Å²) < 4.78 is 0. The first-order valence-electron chi connectivity index (χ1n) is 3.73. The fraction of sp³-hybridized carbons (Fsp3) is 0.500. The smallest absolute Gasteiger partial charge is 0.332 e. The molecule has 68 valence electrons. The molecule has 0 aliphatic heterocycles. The monoisotopic (exact) mass is 171 g/mol. The summed E-state index contributed by atoms with van der Waals surface area (Å²) in [5.74, 6) is -1.94. The van der Waals surface area contributed by atoms with Gasteiger partial charge in [0.25, 0.3) is 0 Å². The quantitative estimate of drug-likeness (QED) is 0.605. The van der Waals surface area contributed by atoms with Gasteiger partial charge in [-0.2, -0.15) is 0 Å². The molecule has 1 amide bonds. The Balaban J connectivity index is 4.66. The summed E-state index contributed by atoms with van der Waals surface area (Å²) in [7, 11) is 0. The average Bonchev–Trinajstić information content (AvgIpc) is 1.98. The van der Waals surface area contributed by atoms with Gasteiger partial charge in [0.05, 0.1) is 0 Å². The fourth-order valence-electron chi connectivity index (χ4n) is 0.788. The van der Waals surface area contributed by atoms with E-state index in [9.17, 15) is 9.59 Å². The Labute approximate surface area is 71.1 Å². The van der Waals surface area contributed by atoms with Gasteiger partial charge in [-0.05, 0) is 12.3 Å². The Bertz CT molecular complexity index is 220. The van der Waals surface area contributed by atoms with Gasteiger partial charge in [0.2, 0.25) is 5.91 Å². The number of carboxylic acid groups (broad SMARTS) is 1. The minimum atomic E-state index is -1.08. The lowest BCUT2D eigenvalue weighted by Gasteiger charge is -2.07. The van der Waals surface area contributed by atoms with Crippen LogP contribution in [0.2, 0.25) is 0 Å². The number of carbonyl (C=O) groups is 2. The van der Waals surface area contributed by atoms with Crippen LogP contribution in [0, 0.1) is 5.92 Å². The molecule has 12 heavy (non-hydrogen) atoms. The van der Waals surface area contributed by atoms with Crippen molar-refractivity contribution in [1.82, 2.24) is 0 Å². The van der Waals surface area contributed by atoms with E-state index in [1.807, 2.05) is 6.92 Å². The molecule has 0 rings (SSSR count). The van der Waals surface area contributed by atoms with E-state index in [4.69, 9.17) is 10.8 Å². The molecule has 4 nitrogen and oxygen atoms in total. The lowest BCUT2D eigenvalue weighted by molar-refractivity contribution is -0.133. The van der Waals surface area contributed by atoms with Crippen LogP contribution in [0.15, 0.2) is 11.6 Å². The summed E-state index contributed by atoms with van der Waals surface area (Å²) >= 11 is 0. The predicted octanol–water partition coefficient (Wildman–Crippen LogP) is 0.529. The number of primary amides is 1. The average molecular weight is 171 g/mol. The zero-order chi connectivity index (χ0) is 9.72. The summed E-state index contributed by atoms with van der Waals surface area (Å²) in [5, 5.41) is 8.65. The summed E-state index contributed by atoms with van der Waals surface area (Å²) in [4.78, 5) is 21.0. The number of carboxylic acids is 1. The van der Waals surface area contributed by atoms with E-state index in [1.54, 1.807) is 6.92 Å². The van der Waals surface area contributed by atoms with Crippen molar-refractivity contribution in [1.29, 1.82) is 0 Å². The van der Waals surface area contributed by atoms with Crippen LogP contribution in [0.1, 0.15) is 20.3 Å². The number of carbonyl (C=O) groups excluding carboxylic acids is 1. The Morgan fingerprint density at radius 3 is 2.33 bits per heavy atom. The van der Waals surface area contributed by atoms with Crippen molar-refractivity contribution in [3.8, 4) is 0 Å². The number of amides is 1. The Morgan fingerprint density at radius 1 is 1.58 bits per heavy atom. The number of nitrogens with two attached hydrogens (primary N) is 1. The van der Waals surface area contributed by atoms with Crippen molar-refractivity contribution in [3.05, 3.63) is 11.6 Å². The molecule has 1 unspecified atom stereocenters. The maximum Gasteiger partial charge on any atom is 0.332 e. The van der Waals surface area contributed by atoms with E-state index < -0.39 is 11.9 Å². The van der Waals surface area contributed by atoms with Crippen molar-refractivity contribution in [2.24, 2.45) is 11.7 Å². The van der Waals surface area contributed by atoms with Gasteiger partial charge in [-0.25, -0.2) is 4.79 Å². The second-order valence-corrected chi connectivity index (χ2v) is 2.62. The van der Waals surface area contributed by atoms with E-state index in [1.165, 1.54) is 0 Å². The van der Waals surface area contributed by atoms with Crippen LogP contribution < -0.4 is 5.73 Å². The normalized spacial score (nSPS) is 14.0. The van der Waals surface area contributed by atoms with Crippen molar-refractivity contribution in [2.45, 2.75) is 20.3 Å². The zero-order valence-electron chi connectivity index (χ0n) is 7.20. The van der Waals surface area contributed by atoms with Crippen molar-refractivity contribution < 1.29 is 14.7 Å². The molecule has 0 radical (unpaired) electrons. The molecule has 0 aliphatic carbocycles. The van der Waals surface area contributed by atoms with Crippen LogP contribution in [0.3, 0.4) is 0 Å². The molecule has 0 heterocycles. The maximum absolute atomic E-state index is 10.6. The molecule has 0 aromatic carbocycles. The molecule has 0 saturated carbocycles. The maximum atomic E-state index is 10.6. The lowest BCUT2D eigenvalue weighted by Crippen LogP contribution is -2.15.